The molecule has 1 aromatic carbocycles. The SMILES string of the molecule is CCCNc1ncc(Br)c(NCc2ccccc2CC)n1. The summed E-state index contributed by atoms with van der Waals surface area (Å²) < 4.78 is 0.874. The van der Waals surface area contributed by atoms with Crippen LogP contribution in [0.2, 0.25) is 0 Å². The van der Waals surface area contributed by atoms with Crippen molar-refractivity contribution in [2.45, 2.75) is 33.2 Å². The smallest absolute Gasteiger partial charge is 0.224 e. The third-order valence-electron chi connectivity index (χ3n) is 3.22. The number of hydrogen-bond acceptors (Lipinski definition) is 4. The van der Waals surface area contributed by atoms with E-state index in [0.29, 0.717) is 5.95 Å². The van der Waals surface area contributed by atoms with Gasteiger partial charge in [-0.25, -0.2) is 4.98 Å². The molecule has 0 unspecified atom stereocenters. The van der Waals surface area contributed by atoms with E-state index in [1.165, 1.54) is 11.1 Å². The van der Waals surface area contributed by atoms with Crippen LogP contribution in [0.5, 0.6) is 0 Å². The van der Waals surface area contributed by atoms with E-state index in [-0.39, 0.29) is 0 Å². The van der Waals surface area contributed by atoms with Gasteiger partial charge in [-0.2, -0.15) is 4.98 Å². The second-order valence-corrected chi connectivity index (χ2v) is 5.65. The fraction of sp³-hybridized carbons (Fsp3) is 0.375. The molecular formula is C16H21BrN4. The molecule has 2 rings (SSSR count). The predicted octanol–water partition coefficient (Wildman–Crippen LogP) is 4.24. The number of rotatable bonds is 7. The van der Waals surface area contributed by atoms with E-state index in [9.17, 15) is 0 Å². The molecule has 0 aliphatic rings. The highest BCUT2D eigenvalue weighted by Gasteiger charge is 2.06. The molecule has 0 radical (unpaired) electrons. The Kier molecular flexibility index (Phi) is 5.99. The molecule has 0 saturated carbocycles. The van der Waals surface area contributed by atoms with Gasteiger partial charge in [-0.1, -0.05) is 38.1 Å². The number of anilines is 2. The minimum atomic E-state index is 0.659. The Balaban J connectivity index is 2.08. The first-order valence-corrected chi connectivity index (χ1v) is 8.11. The molecule has 0 fully saturated rings. The number of aromatic nitrogens is 2. The Hall–Kier alpha value is -1.62. The lowest BCUT2D eigenvalue weighted by atomic mass is 10.1. The fourth-order valence-corrected chi connectivity index (χ4v) is 2.40. The lowest BCUT2D eigenvalue weighted by molar-refractivity contribution is 0.947. The number of hydrogen-bond donors (Lipinski definition) is 2. The van der Waals surface area contributed by atoms with Gasteiger partial charge in [0.1, 0.15) is 5.82 Å². The van der Waals surface area contributed by atoms with Gasteiger partial charge in [0.25, 0.3) is 0 Å². The first-order valence-electron chi connectivity index (χ1n) is 7.31. The van der Waals surface area contributed by atoms with Crippen molar-refractivity contribution in [2.24, 2.45) is 0 Å². The molecule has 1 aromatic heterocycles. The first kappa shape index (κ1) is 15.8. The number of nitrogens with zero attached hydrogens (tertiary/aromatic N) is 2. The molecule has 2 aromatic rings. The highest BCUT2D eigenvalue weighted by molar-refractivity contribution is 9.10. The molecule has 112 valence electrons. The van der Waals surface area contributed by atoms with Crippen molar-refractivity contribution in [1.29, 1.82) is 0 Å². The molecule has 0 aliphatic carbocycles. The second kappa shape index (κ2) is 7.98. The van der Waals surface area contributed by atoms with Crippen LogP contribution in [0.15, 0.2) is 34.9 Å². The van der Waals surface area contributed by atoms with E-state index in [1.54, 1.807) is 6.20 Å². The van der Waals surface area contributed by atoms with Crippen molar-refractivity contribution in [3.05, 3.63) is 46.1 Å². The summed E-state index contributed by atoms with van der Waals surface area (Å²) in [6.07, 6.45) is 3.86. The van der Waals surface area contributed by atoms with Crippen LogP contribution in [0.3, 0.4) is 0 Å². The van der Waals surface area contributed by atoms with Crippen LogP contribution in [-0.4, -0.2) is 16.5 Å². The summed E-state index contributed by atoms with van der Waals surface area (Å²) in [5.74, 6) is 1.47. The molecule has 0 amide bonds. The quantitative estimate of drug-likeness (QED) is 0.785. The minimum absolute atomic E-state index is 0.659. The molecule has 0 atom stereocenters. The van der Waals surface area contributed by atoms with Crippen LogP contribution >= 0.6 is 15.9 Å². The van der Waals surface area contributed by atoms with Crippen LogP contribution in [0.1, 0.15) is 31.4 Å². The van der Waals surface area contributed by atoms with E-state index >= 15 is 0 Å². The molecule has 0 aliphatic heterocycles. The lowest BCUT2D eigenvalue weighted by Crippen LogP contribution is -2.08. The average molecular weight is 349 g/mol. The molecule has 1 heterocycles. The third-order valence-corrected chi connectivity index (χ3v) is 3.80. The average Bonchev–Trinajstić information content (AvgIpc) is 2.53. The largest absolute Gasteiger partial charge is 0.365 e. The Morgan fingerprint density at radius 1 is 1.10 bits per heavy atom. The zero-order valence-electron chi connectivity index (χ0n) is 12.5. The Morgan fingerprint density at radius 2 is 1.86 bits per heavy atom. The predicted molar refractivity (Wildman–Crippen MR) is 91.7 cm³/mol. The molecule has 0 bridgehead atoms. The maximum Gasteiger partial charge on any atom is 0.224 e. The van der Waals surface area contributed by atoms with Crippen LogP contribution in [0.25, 0.3) is 0 Å². The summed E-state index contributed by atoms with van der Waals surface area (Å²) in [6.45, 7) is 5.92. The van der Waals surface area contributed by atoms with Crippen molar-refractivity contribution < 1.29 is 0 Å². The van der Waals surface area contributed by atoms with Crippen LogP contribution in [0.4, 0.5) is 11.8 Å². The minimum Gasteiger partial charge on any atom is -0.365 e. The topological polar surface area (TPSA) is 49.8 Å². The normalized spacial score (nSPS) is 10.4. The summed E-state index contributed by atoms with van der Waals surface area (Å²) in [4.78, 5) is 8.76. The molecule has 0 spiro atoms. The summed E-state index contributed by atoms with van der Waals surface area (Å²) in [5.41, 5.74) is 2.66. The monoisotopic (exact) mass is 348 g/mol. The van der Waals surface area contributed by atoms with Crippen LogP contribution < -0.4 is 10.6 Å². The van der Waals surface area contributed by atoms with Crippen molar-refractivity contribution in [2.75, 3.05) is 17.2 Å². The number of halogens is 1. The van der Waals surface area contributed by atoms with Gasteiger partial charge in [-0.05, 0) is 39.9 Å². The highest BCUT2D eigenvalue weighted by Crippen LogP contribution is 2.21. The highest BCUT2D eigenvalue weighted by atomic mass is 79.9. The Bertz CT molecular complexity index is 586. The van der Waals surface area contributed by atoms with Gasteiger partial charge < -0.3 is 10.6 Å². The maximum absolute atomic E-state index is 4.50. The van der Waals surface area contributed by atoms with E-state index in [4.69, 9.17) is 0 Å². The van der Waals surface area contributed by atoms with E-state index in [0.717, 1.165) is 36.2 Å². The lowest BCUT2D eigenvalue weighted by Gasteiger charge is -2.12. The molecule has 4 nitrogen and oxygen atoms in total. The van der Waals surface area contributed by atoms with E-state index in [1.807, 2.05) is 0 Å². The van der Waals surface area contributed by atoms with E-state index in [2.05, 4.69) is 74.6 Å². The van der Waals surface area contributed by atoms with Crippen LogP contribution in [-0.2, 0) is 13.0 Å². The van der Waals surface area contributed by atoms with Gasteiger partial charge in [-0.3, -0.25) is 0 Å². The zero-order valence-corrected chi connectivity index (χ0v) is 14.1. The van der Waals surface area contributed by atoms with E-state index < -0.39 is 0 Å². The van der Waals surface area contributed by atoms with Gasteiger partial charge in [0.2, 0.25) is 5.95 Å². The first-order chi connectivity index (χ1) is 10.2. The van der Waals surface area contributed by atoms with Crippen molar-refractivity contribution in [3.8, 4) is 0 Å². The van der Waals surface area contributed by atoms with Crippen molar-refractivity contribution in [1.82, 2.24) is 9.97 Å². The number of aryl methyl sites for hydroxylation is 1. The molecular weight excluding hydrogens is 328 g/mol. The van der Waals surface area contributed by atoms with Crippen molar-refractivity contribution >= 4 is 27.7 Å². The Labute approximate surface area is 134 Å². The summed E-state index contributed by atoms with van der Waals surface area (Å²) in [7, 11) is 0. The number of nitrogens with one attached hydrogen (secondary N) is 2. The third kappa shape index (κ3) is 4.43. The summed E-state index contributed by atoms with van der Waals surface area (Å²) >= 11 is 3.49. The van der Waals surface area contributed by atoms with Gasteiger partial charge >= 0.3 is 0 Å². The van der Waals surface area contributed by atoms with Gasteiger partial charge in [0.15, 0.2) is 0 Å². The maximum atomic E-state index is 4.50. The molecule has 0 saturated heterocycles. The van der Waals surface area contributed by atoms with Gasteiger partial charge in [-0.15, -0.1) is 0 Å². The fourth-order valence-electron chi connectivity index (χ4n) is 2.07. The molecule has 21 heavy (non-hydrogen) atoms. The standard InChI is InChI=1S/C16H21BrN4/c1-3-9-18-16-20-11-14(17)15(21-16)19-10-13-8-6-5-7-12(13)4-2/h5-8,11H,3-4,9-10H2,1-2H3,(H2,18,19,20,21). The Morgan fingerprint density at radius 3 is 2.57 bits per heavy atom. The summed E-state index contributed by atoms with van der Waals surface area (Å²) in [6, 6.07) is 8.46. The zero-order chi connectivity index (χ0) is 15.1. The second-order valence-electron chi connectivity index (χ2n) is 4.79. The molecule has 2 N–H and O–H groups in total. The number of benzene rings is 1. The van der Waals surface area contributed by atoms with Gasteiger partial charge in [0.05, 0.1) is 4.47 Å². The van der Waals surface area contributed by atoms with Crippen LogP contribution in [0, 0.1) is 0 Å². The molecule has 5 heteroatoms. The van der Waals surface area contributed by atoms with Gasteiger partial charge in [0, 0.05) is 19.3 Å². The van der Waals surface area contributed by atoms with Crippen molar-refractivity contribution in [3.63, 3.8) is 0 Å². The summed E-state index contributed by atoms with van der Waals surface area (Å²) in [5, 5.41) is 6.58.